The number of nitrogens with zero attached hydrogens (tertiary/aromatic N) is 5. The Hall–Kier alpha value is -5.90. The average molecular weight is 922 g/mol. The number of hydrogen-bond donors (Lipinski definition) is 4. The molecule has 1 spiro atoms. The molecule has 5 atom stereocenters. The van der Waals surface area contributed by atoms with Gasteiger partial charge in [-0.15, -0.1) is 0 Å². The molecule has 1 aromatic heterocycles. The lowest BCUT2D eigenvalue weighted by atomic mass is 9.76. The van der Waals surface area contributed by atoms with Crippen LogP contribution in [0.4, 0.5) is 14.4 Å². The fraction of sp³-hybridized carbons (Fsp3) is 0.569. The third-order valence-electron chi connectivity index (χ3n) is 14.1. The molecule has 4 amide bonds. The highest BCUT2D eigenvalue weighted by Gasteiger charge is 2.59. The van der Waals surface area contributed by atoms with Crippen molar-refractivity contribution < 1.29 is 33.4 Å². The van der Waals surface area contributed by atoms with Gasteiger partial charge in [0.05, 0.1) is 44.2 Å². The third-order valence-corrected chi connectivity index (χ3v) is 14.1. The second kappa shape index (κ2) is 19.7. The summed E-state index contributed by atoms with van der Waals surface area (Å²) >= 11 is 0. The van der Waals surface area contributed by atoms with E-state index in [0.717, 1.165) is 84.0 Å². The molecule has 4 N–H and O–H groups in total. The van der Waals surface area contributed by atoms with Crippen molar-refractivity contribution in [3.63, 3.8) is 0 Å². The SMILES string of the molecule is C/C=C(\NC1=NC(C)(C(NC(=O)OC)C(C)C)N2CC3(CCN(C(=O)OC(C)(C)C)CC3)CC12)c1ccc(-c2ccc(-c3cnc([C@@H]4CCCN4C(=O)[C@@H](NC(=O)OC)C(C)C)[nH]3)cc2)cc1. The lowest BCUT2D eigenvalue weighted by Gasteiger charge is -2.44. The zero-order valence-electron chi connectivity index (χ0n) is 41.2. The zero-order chi connectivity index (χ0) is 48.4. The summed E-state index contributed by atoms with van der Waals surface area (Å²) in [6, 6.07) is 15.6. The number of alkyl carbamates (subject to hydrolysis) is 2. The molecule has 2 aromatic carbocycles. The Balaban J connectivity index is 1.05. The second-order valence-electron chi connectivity index (χ2n) is 20.5. The van der Waals surface area contributed by atoms with Gasteiger partial charge in [-0.2, -0.15) is 0 Å². The summed E-state index contributed by atoms with van der Waals surface area (Å²) < 4.78 is 15.6. The predicted molar refractivity (Wildman–Crippen MR) is 259 cm³/mol. The molecule has 3 unspecified atom stereocenters. The number of H-pyrrole nitrogens is 1. The van der Waals surface area contributed by atoms with Crippen LogP contribution in [0.5, 0.6) is 0 Å². The van der Waals surface area contributed by atoms with Gasteiger partial charge < -0.3 is 44.9 Å². The Kier molecular flexibility index (Phi) is 14.4. The molecule has 7 rings (SSSR count). The first-order chi connectivity index (χ1) is 31.8. The third kappa shape index (κ3) is 10.5. The van der Waals surface area contributed by atoms with Gasteiger partial charge in [0, 0.05) is 31.9 Å². The normalized spacial score (nSPS) is 22.6. The lowest BCUT2D eigenvalue weighted by molar-refractivity contribution is -0.135. The molecule has 3 saturated heterocycles. The molecular formula is C51H71N9O7. The first-order valence-electron chi connectivity index (χ1n) is 23.8. The quantitative estimate of drug-likeness (QED) is 0.137. The van der Waals surface area contributed by atoms with Crippen LogP contribution in [0.2, 0.25) is 0 Å². The number of amides is 4. The van der Waals surface area contributed by atoms with Crippen molar-refractivity contribution in [3.8, 4) is 22.4 Å². The minimum Gasteiger partial charge on any atom is -0.453 e. The summed E-state index contributed by atoms with van der Waals surface area (Å²) in [6.45, 7) is 20.5. The van der Waals surface area contributed by atoms with Crippen LogP contribution in [0.25, 0.3) is 28.1 Å². The first-order valence-corrected chi connectivity index (χ1v) is 23.8. The van der Waals surface area contributed by atoms with Gasteiger partial charge in [0.2, 0.25) is 5.91 Å². The largest absolute Gasteiger partial charge is 0.453 e. The summed E-state index contributed by atoms with van der Waals surface area (Å²) in [5, 5.41) is 9.61. The maximum atomic E-state index is 13.6. The van der Waals surface area contributed by atoms with Crippen molar-refractivity contribution in [1.29, 1.82) is 0 Å². The number of ether oxygens (including phenoxy) is 3. The van der Waals surface area contributed by atoms with E-state index in [1.165, 1.54) is 14.2 Å². The standard InChI is InChI=1S/C51H71N9O7/c1-12-37(53-44-40-28-51(23-26-58(27-24-51)48(64)67-49(6,7)8)30-60(40)50(9,57-44)42(32(4)5)56-47(63)66-11)35-19-15-33(16-20-35)34-17-21-36(22-18-34)38-29-52-43(54-38)39-14-13-25-59(39)45(61)41(31(2)3)55-46(62)65-10/h12,15-22,29,31-32,39-42H,13-14,23-28,30H2,1-11H3,(H,52,54)(H,53,57)(H,55,62)(H,56,63)/b37-12-/t39-,40?,41-,42?,50?/m0/s1. The summed E-state index contributed by atoms with van der Waals surface area (Å²) in [5.41, 5.74) is 4.57. The van der Waals surface area contributed by atoms with Crippen molar-refractivity contribution >= 4 is 35.7 Å². The van der Waals surface area contributed by atoms with E-state index in [9.17, 15) is 19.2 Å². The lowest BCUT2D eigenvalue weighted by Crippen LogP contribution is -2.61. The van der Waals surface area contributed by atoms with Crippen molar-refractivity contribution in [2.24, 2.45) is 22.2 Å². The fourth-order valence-electron chi connectivity index (χ4n) is 10.5. The number of likely N-dealkylation sites (tertiary alicyclic amines) is 2. The molecule has 362 valence electrons. The van der Waals surface area contributed by atoms with Crippen LogP contribution in [0, 0.1) is 17.3 Å². The van der Waals surface area contributed by atoms with Crippen LogP contribution in [-0.4, -0.2) is 124 Å². The molecule has 4 aliphatic heterocycles. The molecule has 4 aliphatic rings. The van der Waals surface area contributed by atoms with E-state index < -0.39 is 29.5 Å². The number of nitrogens with one attached hydrogen (secondary N) is 4. The van der Waals surface area contributed by atoms with Crippen molar-refractivity contribution in [1.82, 2.24) is 40.6 Å². The van der Waals surface area contributed by atoms with Gasteiger partial charge in [0.25, 0.3) is 0 Å². The van der Waals surface area contributed by atoms with Gasteiger partial charge in [0.1, 0.15) is 29.0 Å². The van der Waals surface area contributed by atoms with Crippen molar-refractivity contribution in [3.05, 3.63) is 72.2 Å². The van der Waals surface area contributed by atoms with E-state index in [4.69, 9.17) is 24.2 Å². The van der Waals surface area contributed by atoms with Gasteiger partial charge >= 0.3 is 18.3 Å². The number of carbonyl (C=O) groups is 4. The van der Waals surface area contributed by atoms with Gasteiger partial charge in [-0.25, -0.2) is 24.4 Å². The van der Waals surface area contributed by atoms with Gasteiger partial charge in [0.15, 0.2) is 0 Å². The monoisotopic (exact) mass is 922 g/mol. The molecule has 5 heterocycles. The number of aromatic amines is 1. The van der Waals surface area contributed by atoms with Crippen LogP contribution in [0.1, 0.15) is 112 Å². The number of allylic oxidation sites excluding steroid dienone is 1. The van der Waals surface area contributed by atoms with E-state index in [0.29, 0.717) is 19.6 Å². The van der Waals surface area contributed by atoms with Gasteiger partial charge in [-0.05, 0) is 106 Å². The van der Waals surface area contributed by atoms with Gasteiger partial charge in [-0.3, -0.25) is 9.69 Å². The molecule has 3 fully saturated rings. The van der Waals surface area contributed by atoms with E-state index in [1.54, 1.807) is 0 Å². The number of aliphatic imine (C=N–C) groups is 1. The molecule has 67 heavy (non-hydrogen) atoms. The summed E-state index contributed by atoms with van der Waals surface area (Å²) in [4.78, 5) is 71.2. The number of carbonyl (C=O) groups excluding carboxylic acids is 4. The molecule has 3 aromatic rings. The number of fused-ring (bicyclic) bond motifs is 1. The van der Waals surface area contributed by atoms with Crippen LogP contribution in [0.15, 0.2) is 65.8 Å². The second-order valence-corrected chi connectivity index (χ2v) is 20.5. The van der Waals surface area contributed by atoms with Crippen molar-refractivity contribution in [2.75, 3.05) is 40.4 Å². The van der Waals surface area contributed by atoms with Crippen molar-refractivity contribution in [2.45, 2.75) is 130 Å². The maximum absolute atomic E-state index is 13.6. The Morgan fingerprint density at radius 1 is 0.851 bits per heavy atom. The highest BCUT2D eigenvalue weighted by Crippen LogP contribution is 2.50. The van der Waals surface area contributed by atoms with E-state index >= 15 is 0 Å². The topological polar surface area (TPSA) is 183 Å². The predicted octanol–water partition coefficient (Wildman–Crippen LogP) is 8.34. The van der Waals surface area contributed by atoms with Gasteiger partial charge in [-0.1, -0.05) is 82.3 Å². The maximum Gasteiger partial charge on any atom is 0.410 e. The zero-order valence-corrected chi connectivity index (χ0v) is 41.2. The Morgan fingerprint density at radius 3 is 2.04 bits per heavy atom. The summed E-state index contributed by atoms with van der Waals surface area (Å²) in [7, 11) is 2.68. The fourth-order valence-corrected chi connectivity index (χ4v) is 10.5. The molecule has 0 aliphatic carbocycles. The molecule has 16 heteroatoms. The number of rotatable bonds is 11. The number of amidine groups is 1. The van der Waals surface area contributed by atoms with Crippen LogP contribution < -0.4 is 16.0 Å². The van der Waals surface area contributed by atoms with Crippen LogP contribution in [-0.2, 0) is 19.0 Å². The number of aromatic nitrogens is 2. The average Bonchev–Trinajstić information content (AvgIpc) is 4.11. The highest BCUT2D eigenvalue weighted by atomic mass is 16.6. The number of imidazole rings is 1. The molecule has 16 nitrogen and oxygen atoms in total. The smallest absolute Gasteiger partial charge is 0.410 e. The van der Waals surface area contributed by atoms with E-state index in [-0.39, 0.29) is 47.4 Å². The van der Waals surface area contributed by atoms with Crippen LogP contribution >= 0.6 is 0 Å². The molecule has 0 radical (unpaired) electrons. The van der Waals surface area contributed by atoms with E-state index in [1.807, 2.05) is 57.5 Å². The molecule has 0 saturated carbocycles. The minimum absolute atomic E-state index is 0.0235. The minimum atomic E-state index is -0.759. The first kappa shape index (κ1) is 49.0. The Morgan fingerprint density at radius 2 is 1.46 bits per heavy atom. The molecular weight excluding hydrogens is 851 g/mol. The highest BCUT2D eigenvalue weighted by molar-refractivity contribution is 5.97. The number of piperidine rings is 1. The number of methoxy groups -OCH3 is 2. The summed E-state index contributed by atoms with van der Waals surface area (Å²) in [5.74, 6) is 1.39. The molecule has 0 bridgehead atoms. The van der Waals surface area contributed by atoms with E-state index in [2.05, 4.69) is 101 Å². The van der Waals surface area contributed by atoms with Crippen LogP contribution in [0.3, 0.4) is 0 Å². The number of hydrogen-bond acceptors (Lipinski definition) is 11. The Bertz CT molecular complexity index is 2330. The Labute approximate surface area is 395 Å². The number of benzene rings is 2. The summed E-state index contributed by atoms with van der Waals surface area (Å²) in [6.07, 6.45) is 6.70.